The van der Waals surface area contributed by atoms with E-state index in [1.807, 2.05) is 0 Å². The van der Waals surface area contributed by atoms with Gasteiger partial charge >= 0.3 is 17.4 Å². The minimum Gasteiger partial charge on any atom is -0.476 e. The van der Waals surface area contributed by atoms with Crippen molar-refractivity contribution in [1.82, 2.24) is 5.32 Å². The summed E-state index contributed by atoms with van der Waals surface area (Å²) in [5.74, 6) is -4.90. The molecule has 2 aromatic rings. The molecular weight excluding hydrogens is 465 g/mol. The number of hydrogen-bond donors (Lipinski definition) is 6. The molecule has 0 unspecified atom stereocenters. The molecule has 6 atom stereocenters. The summed E-state index contributed by atoms with van der Waals surface area (Å²) in [6.07, 6.45) is -7.56. The number of carbonyl (C=O) groups is 2. The number of carbonyl (C=O) groups excluding carboxylic acids is 1. The number of benzene rings is 1. The molecule has 1 aliphatic heterocycles. The van der Waals surface area contributed by atoms with Gasteiger partial charge < -0.3 is 44.7 Å². The number of rotatable bonds is 7. The summed E-state index contributed by atoms with van der Waals surface area (Å²) in [5.41, 5.74) is 0.135. The Morgan fingerprint density at radius 1 is 1.29 bits per heavy atom. The number of fused-ring (bicyclic) bond motifs is 1. The number of carboxylic acids is 1. The van der Waals surface area contributed by atoms with E-state index in [4.69, 9.17) is 13.9 Å². The molecule has 34 heavy (non-hydrogen) atoms. The first-order valence-electron chi connectivity index (χ1n) is 10.0. The molecule has 13 heteroatoms. The fraction of sp³-hybridized carbons (Fsp3) is 0.476. The number of aryl methyl sites for hydroxylation is 1. The van der Waals surface area contributed by atoms with Gasteiger partial charge in [-0.2, -0.15) is 0 Å². The van der Waals surface area contributed by atoms with Gasteiger partial charge in [0.2, 0.25) is 5.91 Å². The van der Waals surface area contributed by atoms with Crippen LogP contribution in [0.3, 0.4) is 0 Å². The van der Waals surface area contributed by atoms with Crippen LogP contribution in [0, 0.1) is 6.92 Å². The maximum atomic E-state index is 12.2. The summed E-state index contributed by atoms with van der Waals surface area (Å²) in [6, 6.07) is 4.21. The van der Waals surface area contributed by atoms with Gasteiger partial charge in [-0.05, 0) is 24.6 Å². The summed E-state index contributed by atoms with van der Waals surface area (Å²) in [7, 11) is 0. The molecule has 2 heterocycles. The van der Waals surface area contributed by atoms with Crippen LogP contribution < -0.4 is 15.7 Å². The van der Waals surface area contributed by atoms with Gasteiger partial charge in [-0.3, -0.25) is 4.79 Å². The number of hydrogen-bond acceptors (Lipinski definition) is 10. The molecule has 12 nitrogen and oxygen atoms in total. The largest absolute Gasteiger partial charge is 0.476 e. The van der Waals surface area contributed by atoms with Gasteiger partial charge in [0.1, 0.15) is 29.6 Å². The Labute approximate surface area is 215 Å². The Morgan fingerprint density at radius 2 is 1.97 bits per heavy atom. The molecule has 1 aromatic heterocycles. The van der Waals surface area contributed by atoms with Crippen LogP contribution in [0.2, 0.25) is 0 Å². The Kier molecular flexibility index (Phi) is 9.24. The number of carboxylic acid groups (broad SMARTS) is 1. The molecule has 0 bridgehead atoms. The molecule has 0 saturated carbocycles. The molecule has 1 fully saturated rings. The van der Waals surface area contributed by atoms with E-state index in [-0.39, 0.29) is 40.9 Å². The van der Waals surface area contributed by atoms with Crippen LogP contribution in [0.15, 0.2) is 33.5 Å². The van der Waals surface area contributed by atoms with Crippen molar-refractivity contribution in [2.24, 2.45) is 0 Å². The van der Waals surface area contributed by atoms with E-state index in [9.17, 15) is 39.9 Å². The van der Waals surface area contributed by atoms with Gasteiger partial charge in [-0.25, -0.2) is 9.59 Å². The maximum Gasteiger partial charge on any atom is 0.377 e. The van der Waals surface area contributed by atoms with E-state index < -0.39 is 66.8 Å². The van der Waals surface area contributed by atoms with Crippen LogP contribution in [0.1, 0.15) is 18.9 Å². The van der Waals surface area contributed by atoms with Crippen LogP contribution >= 0.6 is 0 Å². The second-order valence-corrected chi connectivity index (χ2v) is 7.89. The molecule has 1 aromatic carbocycles. The molecule has 0 aliphatic carbocycles. The molecule has 3 rings (SSSR count). The average Bonchev–Trinajstić information content (AvgIpc) is 2.73. The Bertz CT molecular complexity index is 1110. The number of ether oxygens (including phenoxy) is 2. The first kappa shape index (κ1) is 28.2. The first-order valence-corrected chi connectivity index (χ1v) is 10.0. The fourth-order valence-electron chi connectivity index (χ4n) is 3.79. The molecule has 1 radical (unpaired) electrons. The van der Waals surface area contributed by atoms with Crippen molar-refractivity contribution in [2.75, 3.05) is 6.61 Å². The van der Waals surface area contributed by atoms with Crippen molar-refractivity contribution in [3.05, 3.63) is 40.2 Å². The van der Waals surface area contributed by atoms with E-state index >= 15 is 0 Å². The van der Waals surface area contributed by atoms with Gasteiger partial charge in [0, 0.05) is 54.0 Å². The van der Waals surface area contributed by atoms with E-state index in [0.29, 0.717) is 10.9 Å². The van der Waals surface area contributed by atoms with Gasteiger partial charge in [0.05, 0.1) is 25.2 Å². The zero-order valence-corrected chi connectivity index (χ0v) is 20.8. The molecule has 6 N–H and O–H groups in total. The van der Waals surface area contributed by atoms with Crippen molar-refractivity contribution >= 4 is 52.4 Å². The van der Waals surface area contributed by atoms with Crippen LogP contribution in [-0.4, -0.2) is 110 Å². The normalized spacial score (nSPS) is 26.2. The maximum absolute atomic E-state index is 12.2. The molecule has 0 spiro atoms. The van der Waals surface area contributed by atoms with E-state index in [2.05, 4.69) is 5.32 Å². The third kappa shape index (κ3) is 5.78. The SMILES string of the molecule is CC(=O)N[C@H]1[C@H]([C@H](O)[C@H](O)CO)O[C@@](Oc2ccc3c(C)cc(=O)oc3c2)(C(=O)O)C[C@@H]1O.[Na]. The van der Waals surface area contributed by atoms with Crippen molar-refractivity contribution < 1.29 is 49.0 Å². The molecule has 1 amide bonds. The van der Waals surface area contributed by atoms with Crippen LogP contribution in [0.4, 0.5) is 0 Å². The summed E-state index contributed by atoms with van der Waals surface area (Å²) in [5, 5.41) is 53.0. The first-order chi connectivity index (χ1) is 15.5. The number of amides is 1. The second-order valence-electron chi connectivity index (χ2n) is 7.89. The smallest absolute Gasteiger partial charge is 0.377 e. The van der Waals surface area contributed by atoms with Crippen LogP contribution in [0.25, 0.3) is 11.0 Å². The van der Waals surface area contributed by atoms with Crippen LogP contribution in [-0.2, 0) is 14.3 Å². The average molecular weight is 490 g/mol. The molecule has 1 saturated heterocycles. The minimum atomic E-state index is -2.55. The monoisotopic (exact) mass is 490 g/mol. The Hall–Kier alpha value is -2.03. The summed E-state index contributed by atoms with van der Waals surface area (Å²) >= 11 is 0. The number of aliphatic carboxylic acids is 1. The summed E-state index contributed by atoms with van der Waals surface area (Å²) < 4.78 is 16.3. The van der Waals surface area contributed by atoms with E-state index in [0.717, 1.165) is 6.92 Å². The molecule has 181 valence electrons. The number of aliphatic hydroxyl groups excluding tert-OH is 4. The Balaban J connectivity index is 0.00000408. The van der Waals surface area contributed by atoms with Crippen molar-refractivity contribution in [3.8, 4) is 5.75 Å². The van der Waals surface area contributed by atoms with Crippen LogP contribution in [0.5, 0.6) is 5.75 Å². The second kappa shape index (κ2) is 11.1. The number of nitrogens with one attached hydrogen (secondary N) is 1. The zero-order valence-electron chi connectivity index (χ0n) is 18.8. The topological polar surface area (TPSA) is 196 Å². The van der Waals surface area contributed by atoms with E-state index in [1.54, 1.807) is 13.0 Å². The molecular formula is C21H25NNaO11. The Morgan fingerprint density at radius 3 is 2.56 bits per heavy atom. The fourth-order valence-corrected chi connectivity index (χ4v) is 3.79. The van der Waals surface area contributed by atoms with Crippen molar-refractivity contribution in [2.45, 2.75) is 56.5 Å². The third-order valence-electron chi connectivity index (χ3n) is 5.39. The number of aliphatic hydroxyl groups is 4. The summed E-state index contributed by atoms with van der Waals surface area (Å²) in [6.45, 7) is 1.94. The third-order valence-corrected chi connectivity index (χ3v) is 5.39. The minimum absolute atomic E-state index is 0. The van der Waals surface area contributed by atoms with Gasteiger partial charge in [-0.15, -0.1) is 0 Å². The standard InChI is InChI=1S/C21H25NO11.Na/c1-9-5-16(27)31-15-6-11(3-4-12(9)15)32-21(20(29)30)7-13(25)17(22-10(2)24)19(33-21)18(28)14(26)8-23;/h3-6,13-14,17-19,23,25-26,28H,7-8H2,1-2H3,(H,22,24)(H,29,30);/t13-,14+,17+,18+,19+,21+;/m0./s1. The van der Waals surface area contributed by atoms with Gasteiger partial charge in [0.25, 0.3) is 0 Å². The molecule has 1 aliphatic rings. The van der Waals surface area contributed by atoms with Gasteiger partial charge in [-0.1, -0.05) is 0 Å². The van der Waals surface area contributed by atoms with Crippen molar-refractivity contribution in [3.63, 3.8) is 0 Å². The zero-order chi connectivity index (χ0) is 24.5. The van der Waals surface area contributed by atoms with E-state index in [1.165, 1.54) is 18.2 Å². The predicted octanol–water partition coefficient (Wildman–Crippen LogP) is -1.75. The summed E-state index contributed by atoms with van der Waals surface area (Å²) in [4.78, 5) is 35.5. The quantitative estimate of drug-likeness (QED) is 0.190. The van der Waals surface area contributed by atoms with Gasteiger partial charge in [0.15, 0.2) is 0 Å². The van der Waals surface area contributed by atoms with Crippen molar-refractivity contribution in [1.29, 1.82) is 0 Å². The predicted molar refractivity (Wildman–Crippen MR) is 116 cm³/mol.